The molecule has 1 atom stereocenters. The number of aryl methyl sites for hydroxylation is 2. The third-order valence-corrected chi connectivity index (χ3v) is 3.83. The molecule has 0 fully saturated rings. The van der Waals surface area contributed by atoms with Crippen LogP contribution in [0, 0.1) is 6.92 Å². The monoisotopic (exact) mass is 246 g/mol. The van der Waals surface area contributed by atoms with Crippen LogP contribution in [0.25, 0.3) is 0 Å². The quantitative estimate of drug-likeness (QED) is 0.854. The van der Waals surface area contributed by atoms with Crippen molar-refractivity contribution in [3.8, 4) is 0 Å². The Morgan fingerprint density at radius 3 is 2.59 bits per heavy atom. The van der Waals surface area contributed by atoms with E-state index in [4.69, 9.17) is 0 Å². The van der Waals surface area contributed by atoms with E-state index in [-0.39, 0.29) is 6.10 Å². The number of hydrogen-bond acceptors (Lipinski definition) is 2. The molecule has 1 aromatic heterocycles. The lowest BCUT2D eigenvalue weighted by atomic mass is 10.0. The van der Waals surface area contributed by atoms with Gasteiger partial charge in [-0.05, 0) is 43.2 Å². The van der Waals surface area contributed by atoms with E-state index in [0.717, 1.165) is 19.3 Å². The Bertz CT molecular complexity index is 430. The second-order valence-electron chi connectivity index (χ2n) is 4.46. The van der Waals surface area contributed by atoms with Crippen molar-refractivity contribution in [2.24, 2.45) is 0 Å². The van der Waals surface area contributed by atoms with Crippen LogP contribution >= 0.6 is 11.3 Å². The summed E-state index contributed by atoms with van der Waals surface area (Å²) in [6.07, 6.45) is 2.34. The number of aliphatic hydroxyl groups is 1. The van der Waals surface area contributed by atoms with Gasteiger partial charge in [-0.2, -0.15) is 0 Å². The number of hydrogen-bond donors (Lipinski definition) is 1. The van der Waals surface area contributed by atoms with Gasteiger partial charge in [0.05, 0.1) is 6.10 Å². The molecule has 1 nitrogen and oxygen atoms in total. The second-order valence-corrected chi connectivity index (χ2v) is 5.49. The summed E-state index contributed by atoms with van der Waals surface area (Å²) in [4.78, 5) is 1.35. The number of aliphatic hydroxyl groups excluding tert-OH is 1. The molecule has 0 aliphatic carbocycles. The SMILES string of the molecule is Cc1ccc(CC(O)CCc2cccs2)cc1. The molecule has 1 unspecified atom stereocenters. The van der Waals surface area contributed by atoms with Crippen LogP contribution < -0.4 is 0 Å². The second kappa shape index (κ2) is 5.99. The van der Waals surface area contributed by atoms with E-state index in [1.165, 1.54) is 16.0 Å². The van der Waals surface area contributed by atoms with E-state index in [2.05, 4.69) is 48.7 Å². The summed E-state index contributed by atoms with van der Waals surface area (Å²) in [5.41, 5.74) is 2.48. The number of thiophene rings is 1. The average Bonchev–Trinajstić information content (AvgIpc) is 2.83. The zero-order chi connectivity index (χ0) is 12.1. The van der Waals surface area contributed by atoms with E-state index in [9.17, 15) is 5.11 Å². The smallest absolute Gasteiger partial charge is 0.0584 e. The summed E-state index contributed by atoms with van der Waals surface area (Å²) < 4.78 is 0. The molecule has 2 aromatic rings. The third kappa shape index (κ3) is 3.99. The average molecular weight is 246 g/mol. The molecule has 0 saturated carbocycles. The first-order chi connectivity index (χ1) is 8.24. The summed E-state index contributed by atoms with van der Waals surface area (Å²) >= 11 is 1.76. The maximum Gasteiger partial charge on any atom is 0.0584 e. The highest BCUT2D eigenvalue weighted by molar-refractivity contribution is 7.09. The van der Waals surface area contributed by atoms with Crippen LogP contribution in [0.2, 0.25) is 0 Å². The molecule has 2 heteroatoms. The molecule has 0 amide bonds. The molecule has 0 spiro atoms. The Hall–Kier alpha value is -1.12. The van der Waals surface area contributed by atoms with Crippen LogP contribution in [0.4, 0.5) is 0 Å². The topological polar surface area (TPSA) is 20.2 Å². The fourth-order valence-corrected chi connectivity index (χ4v) is 2.59. The Morgan fingerprint density at radius 1 is 1.18 bits per heavy atom. The van der Waals surface area contributed by atoms with E-state index in [0.29, 0.717) is 0 Å². The normalized spacial score (nSPS) is 12.6. The maximum absolute atomic E-state index is 9.98. The summed E-state index contributed by atoms with van der Waals surface area (Å²) in [6.45, 7) is 2.08. The minimum Gasteiger partial charge on any atom is -0.393 e. The maximum atomic E-state index is 9.98. The van der Waals surface area contributed by atoms with Crippen molar-refractivity contribution in [1.29, 1.82) is 0 Å². The predicted molar refractivity (Wildman–Crippen MR) is 73.5 cm³/mol. The standard InChI is InChI=1S/C15H18OS/c1-12-4-6-13(7-5-12)11-14(16)8-9-15-3-2-10-17-15/h2-7,10,14,16H,8-9,11H2,1H3. The highest BCUT2D eigenvalue weighted by atomic mass is 32.1. The first-order valence-corrected chi connectivity index (χ1v) is 6.88. The predicted octanol–water partition coefficient (Wildman–Crippen LogP) is 3.59. The first kappa shape index (κ1) is 12.3. The van der Waals surface area contributed by atoms with Crippen LogP contribution in [0.3, 0.4) is 0 Å². The summed E-state index contributed by atoms with van der Waals surface area (Å²) in [7, 11) is 0. The first-order valence-electron chi connectivity index (χ1n) is 6.00. The lowest BCUT2D eigenvalue weighted by Crippen LogP contribution is -2.11. The molecule has 0 radical (unpaired) electrons. The minimum atomic E-state index is -0.236. The van der Waals surface area contributed by atoms with Gasteiger partial charge < -0.3 is 5.11 Å². The van der Waals surface area contributed by atoms with Gasteiger partial charge in [0.2, 0.25) is 0 Å². The molecule has 1 aromatic carbocycles. The van der Waals surface area contributed by atoms with Gasteiger partial charge >= 0.3 is 0 Å². The Kier molecular flexibility index (Phi) is 4.35. The van der Waals surface area contributed by atoms with Gasteiger partial charge in [-0.25, -0.2) is 0 Å². The van der Waals surface area contributed by atoms with Gasteiger partial charge in [0.25, 0.3) is 0 Å². The summed E-state index contributed by atoms with van der Waals surface area (Å²) in [5, 5.41) is 12.1. The molecule has 17 heavy (non-hydrogen) atoms. The van der Waals surface area contributed by atoms with Gasteiger partial charge in [0.1, 0.15) is 0 Å². The van der Waals surface area contributed by atoms with Crippen LogP contribution in [-0.4, -0.2) is 11.2 Å². The fourth-order valence-electron chi connectivity index (χ4n) is 1.86. The van der Waals surface area contributed by atoms with Crippen LogP contribution in [0.15, 0.2) is 41.8 Å². The lowest BCUT2D eigenvalue weighted by molar-refractivity contribution is 0.165. The largest absolute Gasteiger partial charge is 0.393 e. The van der Waals surface area contributed by atoms with Crippen molar-refractivity contribution in [1.82, 2.24) is 0 Å². The molecule has 90 valence electrons. The molecule has 0 saturated heterocycles. The fraction of sp³-hybridized carbons (Fsp3) is 0.333. The van der Waals surface area contributed by atoms with Gasteiger partial charge in [0.15, 0.2) is 0 Å². The molecule has 1 N–H and O–H groups in total. The van der Waals surface area contributed by atoms with Crippen LogP contribution in [0.5, 0.6) is 0 Å². The zero-order valence-electron chi connectivity index (χ0n) is 10.1. The van der Waals surface area contributed by atoms with E-state index < -0.39 is 0 Å². The summed E-state index contributed by atoms with van der Waals surface area (Å²) in [5.74, 6) is 0. The molecule has 2 rings (SSSR count). The molecular weight excluding hydrogens is 228 g/mol. The lowest BCUT2D eigenvalue weighted by Gasteiger charge is -2.10. The molecular formula is C15H18OS. The highest BCUT2D eigenvalue weighted by Crippen LogP contribution is 2.14. The van der Waals surface area contributed by atoms with Crippen molar-refractivity contribution < 1.29 is 5.11 Å². The van der Waals surface area contributed by atoms with E-state index >= 15 is 0 Å². The van der Waals surface area contributed by atoms with Crippen molar-refractivity contribution in [2.75, 3.05) is 0 Å². The summed E-state index contributed by atoms with van der Waals surface area (Å²) in [6, 6.07) is 12.6. The van der Waals surface area contributed by atoms with Crippen LogP contribution in [-0.2, 0) is 12.8 Å². The Balaban J connectivity index is 1.80. The zero-order valence-corrected chi connectivity index (χ0v) is 10.9. The molecule has 0 bridgehead atoms. The molecule has 0 aliphatic rings. The highest BCUT2D eigenvalue weighted by Gasteiger charge is 2.06. The van der Waals surface area contributed by atoms with Crippen LogP contribution in [0.1, 0.15) is 22.4 Å². The van der Waals surface area contributed by atoms with Crippen molar-refractivity contribution >= 4 is 11.3 Å². The van der Waals surface area contributed by atoms with Gasteiger partial charge in [-0.1, -0.05) is 35.9 Å². The minimum absolute atomic E-state index is 0.236. The van der Waals surface area contributed by atoms with E-state index in [1.807, 2.05) is 0 Å². The third-order valence-electron chi connectivity index (χ3n) is 2.90. The van der Waals surface area contributed by atoms with Crippen molar-refractivity contribution in [2.45, 2.75) is 32.3 Å². The van der Waals surface area contributed by atoms with Crippen molar-refractivity contribution in [3.05, 3.63) is 57.8 Å². The number of rotatable bonds is 5. The van der Waals surface area contributed by atoms with Crippen molar-refractivity contribution in [3.63, 3.8) is 0 Å². The van der Waals surface area contributed by atoms with Gasteiger partial charge in [0, 0.05) is 4.88 Å². The van der Waals surface area contributed by atoms with Gasteiger partial charge in [-0.3, -0.25) is 0 Å². The van der Waals surface area contributed by atoms with Gasteiger partial charge in [-0.15, -0.1) is 11.3 Å². The molecule has 0 aliphatic heterocycles. The Labute approximate surface area is 107 Å². The Morgan fingerprint density at radius 2 is 1.94 bits per heavy atom. The molecule has 1 heterocycles. The van der Waals surface area contributed by atoms with E-state index in [1.54, 1.807) is 11.3 Å². The number of benzene rings is 1.